The van der Waals surface area contributed by atoms with Gasteiger partial charge >= 0.3 is 5.97 Å². The summed E-state index contributed by atoms with van der Waals surface area (Å²) in [6.45, 7) is 2.16. The number of methoxy groups -OCH3 is 1. The van der Waals surface area contributed by atoms with Crippen LogP contribution in [0.25, 0.3) is 0 Å². The van der Waals surface area contributed by atoms with Crippen molar-refractivity contribution in [1.29, 1.82) is 0 Å². The number of aryl methyl sites for hydroxylation is 1. The van der Waals surface area contributed by atoms with Crippen molar-refractivity contribution in [2.24, 2.45) is 5.92 Å². The molecule has 2 N–H and O–H groups in total. The number of carboxylic acids is 1. The topological polar surface area (TPSA) is 141 Å². The number of carboxylic acid groups (broad SMARTS) is 1. The molecular formula is C26H28N2O8S2. The highest BCUT2D eigenvalue weighted by Gasteiger charge is 2.27. The number of thiazole rings is 1. The zero-order valence-electron chi connectivity index (χ0n) is 21.1. The van der Waals surface area contributed by atoms with Gasteiger partial charge in [0.05, 0.1) is 23.1 Å². The molecule has 2 aromatic carbocycles. The van der Waals surface area contributed by atoms with Gasteiger partial charge in [-0.1, -0.05) is 0 Å². The van der Waals surface area contributed by atoms with Gasteiger partial charge in [-0.3, -0.25) is 14.9 Å². The van der Waals surface area contributed by atoms with Crippen molar-refractivity contribution in [3.63, 3.8) is 0 Å². The van der Waals surface area contributed by atoms with Crippen LogP contribution in [0.1, 0.15) is 34.3 Å². The molecule has 3 aromatic rings. The number of sulfone groups is 1. The molecule has 0 radical (unpaired) electrons. The van der Waals surface area contributed by atoms with Gasteiger partial charge in [-0.15, -0.1) is 11.3 Å². The fourth-order valence-corrected chi connectivity index (χ4v) is 5.74. The van der Waals surface area contributed by atoms with E-state index in [9.17, 15) is 23.1 Å². The van der Waals surface area contributed by atoms with Crippen LogP contribution in [0.2, 0.25) is 0 Å². The molecule has 1 amide bonds. The third kappa shape index (κ3) is 6.88. The maximum atomic E-state index is 13.2. The molecule has 0 spiro atoms. The third-order valence-corrected chi connectivity index (χ3v) is 8.04. The van der Waals surface area contributed by atoms with Gasteiger partial charge in [0.15, 0.2) is 15.0 Å². The van der Waals surface area contributed by atoms with E-state index in [0.717, 1.165) is 16.8 Å². The van der Waals surface area contributed by atoms with Crippen LogP contribution in [0, 0.1) is 5.92 Å². The number of nitrogens with one attached hydrogen (secondary N) is 1. The molecule has 2 unspecified atom stereocenters. The lowest BCUT2D eigenvalue weighted by Gasteiger charge is -2.16. The molecule has 1 heterocycles. The normalized spacial score (nSPS) is 15.8. The summed E-state index contributed by atoms with van der Waals surface area (Å²) >= 11 is 1.28. The average molecular weight is 561 g/mol. The summed E-state index contributed by atoms with van der Waals surface area (Å²) in [4.78, 5) is 30.1. The summed E-state index contributed by atoms with van der Waals surface area (Å²) in [5.74, 6) is -0.632. The van der Waals surface area contributed by atoms with Crippen LogP contribution in [0.15, 0.2) is 47.4 Å². The first-order valence-electron chi connectivity index (χ1n) is 11.8. The molecule has 0 fully saturated rings. The summed E-state index contributed by atoms with van der Waals surface area (Å²) < 4.78 is 40.4. The van der Waals surface area contributed by atoms with E-state index in [1.165, 1.54) is 35.6 Å². The largest absolute Gasteiger partial charge is 0.488 e. The molecule has 202 valence electrons. The Labute approximate surface area is 224 Å². The summed E-state index contributed by atoms with van der Waals surface area (Å²) in [7, 11) is -1.79. The number of amides is 1. The maximum absolute atomic E-state index is 13.2. The molecule has 1 aliphatic carbocycles. The van der Waals surface area contributed by atoms with Gasteiger partial charge in [0, 0.05) is 29.9 Å². The van der Waals surface area contributed by atoms with E-state index < -0.39 is 27.6 Å². The Bertz CT molecular complexity index is 1430. The first kappa shape index (κ1) is 27.6. The molecule has 4 rings (SSSR count). The van der Waals surface area contributed by atoms with Gasteiger partial charge < -0.3 is 19.3 Å². The first-order chi connectivity index (χ1) is 18.0. The lowest BCUT2D eigenvalue weighted by Crippen LogP contribution is -2.21. The van der Waals surface area contributed by atoms with E-state index >= 15 is 0 Å². The van der Waals surface area contributed by atoms with Crippen LogP contribution in [-0.4, -0.2) is 56.5 Å². The molecule has 10 nitrogen and oxygen atoms in total. The van der Waals surface area contributed by atoms with Gasteiger partial charge in [-0.25, -0.2) is 13.4 Å². The average Bonchev–Trinajstić information content (AvgIpc) is 3.25. The van der Waals surface area contributed by atoms with E-state index in [1.54, 1.807) is 25.3 Å². The highest BCUT2D eigenvalue weighted by molar-refractivity contribution is 7.90. The van der Waals surface area contributed by atoms with Crippen molar-refractivity contribution in [3.05, 3.63) is 58.6 Å². The fourth-order valence-electron chi connectivity index (χ4n) is 4.03. The molecule has 0 bridgehead atoms. The highest BCUT2D eigenvalue weighted by atomic mass is 32.2. The van der Waals surface area contributed by atoms with Crippen LogP contribution in [-0.2, 0) is 32.2 Å². The van der Waals surface area contributed by atoms with Gasteiger partial charge in [-0.2, -0.15) is 0 Å². The minimum absolute atomic E-state index is 0.163. The van der Waals surface area contributed by atoms with Crippen molar-refractivity contribution in [2.75, 3.05) is 25.3 Å². The van der Waals surface area contributed by atoms with E-state index in [4.69, 9.17) is 14.2 Å². The number of benzene rings is 2. The van der Waals surface area contributed by atoms with Crippen LogP contribution in [0.5, 0.6) is 17.2 Å². The number of anilines is 1. The lowest BCUT2D eigenvalue weighted by molar-refractivity contribution is -0.142. The number of hydrogen-bond donors (Lipinski definition) is 2. The Morgan fingerprint density at radius 2 is 1.87 bits per heavy atom. The quantitative estimate of drug-likeness (QED) is 0.373. The Morgan fingerprint density at radius 3 is 2.53 bits per heavy atom. The minimum atomic E-state index is -3.35. The summed E-state index contributed by atoms with van der Waals surface area (Å²) in [6.07, 6.45) is 2.29. The predicted molar refractivity (Wildman–Crippen MR) is 141 cm³/mol. The zero-order chi connectivity index (χ0) is 27.4. The highest BCUT2D eigenvalue weighted by Crippen LogP contribution is 2.34. The van der Waals surface area contributed by atoms with Crippen LogP contribution in [0.3, 0.4) is 0 Å². The van der Waals surface area contributed by atoms with E-state index in [2.05, 4.69) is 10.3 Å². The zero-order valence-corrected chi connectivity index (χ0v) is 22.7. The molecule has 2 atom stereocenters. The number of ether oxygens (including phenoxy) is 3. The lowest BCUT2D eigenvalue weighted by atomic mass is 9.91. The smallest absolute Gasteiger partial charge is 0.306 e. The van der Waals surface area contributed by atoms with Gasteiger partial charge in [0.25, 0.3) is 5.91 Å². The molecule has 0 aliphatic heterocycles. The summed E-state index contributed by atoms with van der Waals surface area (Å²) in [6, 6.07) is 10.7. The number of carbonyl (C=O) groups excluding carboxylic acids is 1. The van der Waals surface area contributed by atoms with Gasteiger partial charge in [-0.05, 0) is 62.6 Å². The Morgan fingerprint density at radius 1 is 1.16 bits per heavy atom. The third-order valence-electron chi connectivity index (χ3n) is 5.88. The van der Waals surface area contributed by atoms with Gasteiger partial charge in [0.2, 0.25) is 0 Å². The Hall–Kier alpha value is -3.48. The monoisotopic (exact) mass is 560 g/mol. The molecule has 1 aliphatic rings. The van der Waals surface area contributed by atoms with Gasteiger partial charge in [0.1, 0.15) is 23.4 Å². The number of aromatic nitrogens is 1. The standard InChI is InChI=1S/C26H28N2O8S2/c1-15(14-34-2)35-19-10-17(11-20(13-19)36-18-5-7-21(8-6-18)38(3,32)33)24(29)28-26-27-22-9-4-16(25(30)31)12-23(22)37-26/h5-8,10-11,13,15-16H,4,9,12,14H2,1-3H3,(H,30,31)(H,27,28,29). The number of nitrogens with zero attached hydrogens (tertiary/aromatic N) is 1. The fraction of sp³-hybridized carbons (Fsp3) is 0.346. The Kier molecular flexibility index (Phi) is 8.34. The molecule has 0 saturated carbocycles. The number of fused-ring (bicyclic) bond motifs is 1. The minimum Gasteiger partial charge on any atom is -0.488 e. The summed E-state index contributed by atoms with van der Waals surface area (Å²) in [5.41, 5.74) is 1.07. The second-order valence-electron chi connectivity index (χ2n) is 9.04. The van der Waals surface area contributed by atoms with Crippen molar-refractivity contribution in [1.82, 2.24) is 4.98 Å². The van der Waals surface area contributed by atoms with E-state index in [0.29, 0.717) is 48.2 Å². The number of carbonyl (C=O) groups is 2. The van der Waals surface area contributed by atoms with Crippen molar-refractivity contribution < 1.29 is 37.3 Å². The number of rotatable bonds is 10. The molecular weight excluding hydrogens is 532 g/mol. The van der Waals surface area contributed by atoms with Crippen molar-refractivity contribution >= 4 is 38.2 Å². The summed E-state index contributed by atoms with van der Waals surface area (Å²) in [5, 5.41) is 12.5. The van der Waals surface area contributed by atoms with Crippen molar-refractivity contribution in [2.45, 2.75) is 37.2 Å². The Balaban J connectivity index is 1.57. The number of hydrogen-bond acceptors (Lipinski definition) is 9. The second kappa shape index (κ2) is 11.5. The maximum Gasteiger partial charge on any atom is 0.306 e. The SMILES string of the molecule is COCC(C)Oc1cc(Oc2ccc(S(C)(=O)=O)cc2)cc(C(=O)Nc2nc3c(s2)CC(C(=O)O)CC3)c1. The second-order valence-corrected chi connectivity index (χ2v) is 12.1. The first-order valence-corrected chi connectivity index (χ1v) is 14.5. The van der Waals surface area contributed by atoms with Crippen LogP contribution < -0.4 is 14.8 Å². The van der Waals surface area contributed by atoms with Crippen LogP contribution in [0.4, 0.5) is 5.13 Å². The van der Waals surface area contributed by atoms with E-state index in [1.807, 2.05) is 6.92 Å². The van der Waals surface area contributed by atoms with Crippen molar-refractivity contribution in [3.8, 4) is 17.2 Å². The molecule has 38 heavy (non-hydrogen) atoms. The molecule has 12 heteroatoms. The number of aliphatic carboxylic acids is 1. The van der Waals surface area contributed by atoms with E-state index in [-0.39, 0.29) is 16.6 Å². The molecule has 1 aromatic heterocycles. The molecule has 0 saturated heterocycles. The van der Waals surface area contributed by atoms with Crippen LogP contribution >= 0.6 is 11.3 Å². The predicted octanol–water partition coefficient (Wildman–Crippen LogP) is 4.19.